The quantitative estimate of drug-likeness (QED) is 0.365. The molecule has 8 nitrogen and oxygen atoms in total. The Balaban J connectivity index is 1.55. The van der Waals surface area contributed by atoms with Crippen molar-refractivity contribution in [3.05, 3.63) is 82.9 Å². The van der Waals surface area contributed by atoms with Gasteiger partial charge in [-0.25, -0.2) is 4.98 Å². The van der Waals surface area contributed by atoms with E-state index in [1.54, 1.807) is 18.3 Å². The molecule has 0 radical (unpaired) electrons. The summed E-state index contributed by atoms with van der Waals surface area (Å²) in [5, 5.41) is 5.88. The third-order valence-corrected chi connectivity index (χ3v) is 5.53. The predicted octanol–water partition coefficient (Wildman–Crippen LogP) is 4.99. The zero-order chi connectivity index (χ0) is 26.7. The van der Waals surface area contributed by atoms with Crippen LogP contribution in [0.2, 0.25) is 0 Å². The number of pyridine rings is 1. The molecule has 0 bridgehead atoms. The summed E-state index contributed by atoms with van der Waals surface area (Å²) in [6.07, 6.45) is -0.320. The molecule has 3 heterocycles. The highest BCUT2D eigenvalue weighted by molar-refractivity contribution is 6.07. The maximum Gasteiger partial charge on any atom is 0.433 e. The average Bonchev–Trinajstić information content (AvgIpc) is 3.19. The second-order valence-corrected chi connectivity index (χ2v) is 9.07. The summed E-state index contributed by atoms with van der Waals surface area (Å²) in [6.45, 7) is 6.52. The maximum atomic E-state index is 13.0. The molecule has 2 amide bonds. The second kappa shape index (κ2) is 10.4. The number of aryl methyl sites for hydroxylation is 1. The van der Waals surface area contributed by atoms with Crippen molar-refractivity contribution in [2.24, 2.45) is 5.92 Å². The van der Waals surface area contributed by atoms with Gasteiger partial charge in [-0.3, -0.25) is 19.9 Å². The van der Waals surface area contributed by atoms with Gasteiger partial charge in [-0.1, -0.05) is 37.6 Å². The van der Waals surface area contributed by atoms with E-state index < -0.39 is 17.8 Å². The molecule has 37 heavy (non-hydrogen) atoms. The number of carbonyl (C=O) groups is 2. The van der Waals surface area contributed by atoms with Crippen molar-refractivity contribution < 1.29 is 22.8 Å². The van der Waals surface area contributed by atoms with E-state index in [0.717, 1.165) is 17.8 Å². The number of halogens is 3. The van der Waals surface area contributed by atoms with Gasteiger partial charge in [0.25, 0.3) is 11.8 Å². The molecule has 0 saturated heterocycles. The van der Waals surface area contributed by atoms with Crippen LogP contribution in [0.3, 0.4) is 0 Å². The van der Waals surface area contributed by atoms with Crippen molar-refractivity contribution in [1.82, 2.24) is 24.8 Å². The van der Waals surface area contributed by atoms with Gasteiger partial charge in [0, 0.05) is 37.2 Å². The third-order valence-electron chi connectivity index (χ3n) is 5.53. The van der Waals surface area contributed by atoms with E-state index in [1.807, 2.05) is 37.5 Å². The summed E-state index contributed by atoms with van der Waals surface area (Å²) in [5.41, 5.74) is 1.70. The van der Waals surface area contributed by atoms with Crippen molar-refractivity contribution in [3.8, 4) is 0 Å². The lowest BCUT2D eigenvalue weighted by Crippen LogP contribution is -2.23. The molecule has 1 aromatic carbocycles. The number of fused-ring (bicyclic) bond motifs is 1. The van der Waals surface area contributed by atoms with Gasteiger partial charge in [-0.05, 0) is 36.6 Å². The summed E-state index contributed by atoms with van der Waals surface area (Å²) in [7, 11) is 0. The highest BCUT2D eigenvalue weighted by Crippen LogP contribution is 2.27. The number of alkyl halides is 3. The highest BCUT2D eigenvalue weighted by Gasteiger charge is 2.32. The molecule has 0 aliphatic heterocycles. The molecule has 0 atom stereocenters. The topological polar surface area (TPSA) is 102 Å². The first-order chi connectivity index (χ1) is 17.5. The Morgan fingerprint density at radius 3 is 2.35 bits per heavy atom. The third kappa shape index (κ3) is 6.11. The number of hydrogen-bond acceptors (Lipinski definition) is 5. The SMILES string of the molecule is Cc1ccc(C(=O)Nc2ncc3c(C(=O)NCc4ccc(C(F)(F)F)nc4)cn(CC(C)C)c3n2)cc1. The number of carbonyl (C=O) groups excluding carboxylic acids is 2. The second-order valence-electron chi connectivity index (χ2n) is 9.07. The standard InChI is InChI=1S/C26H25F3N6O2/c1-15(2)13-35-14-20(24(37)31-11-17-6-9-21(30-10-17)26(27,28)29)19-12-32-25(33-22(19)35)34-23(36)18-7-4-16(3)5-8-18/h4-10,12,14-15H,11,13H2,1-3H3,(H,31,37)(H,32,33,34,36). The zero-order valence-electron chi connectivity index (χ0n) is 20.4. The lowest BCUT2D eigenvalue weighted by molar-refractivity contribution is -0.141. The zero-order valence-corrected chi connectivity index (χ0v) is 20.4. The van der Waals surface area contributed by atoms with Crippen LogP contribution in [-0.2, 0) is 19.3 Å². The van der Waals surface area contributed by atoms with Crippen LogP contribution in [0, 0.1) is 12.8 Å². The number of anilines is 1. The molecule has 4 aromatic rings. The molecule has 0 spiro atoms. The van der Waals surface area contributed by atoms with E-state index in [2.05, 4.69) is 25.6 Å². The number of nitrogens with zero attached hydrogens (tertiary/aromatic N) is 4. The summed E-state index contributed by atoms with van der Waals surface area (Å²) in [4.78, 5) is 37.7. The molecule has 3 aromatic heterocycles. The summed E-state index contributed by atoms with van der Waals surface area (Å²) >= 11 is 0. The number of nitrogens with one attached hydrogen (secondary N) is 2. The van der Waals surface area contributed by atoms with E-state index in [-0.39, 0.29) is 24.3 Å². The first-order valence-corrected chi connectivity index (χ1v) is 11.6. The van der Waals surface area contributed by atoms with Crippen LogP contribution in [0.1, 0.15) is 51.4 Å². The van der Waals surface area contributed by atoms with E-state index in [4.69, 9.17) is 0 Å². The van der Waals surface area contributed by atoms with Gasteiger partial charge >= 0.3 is 6.18 Å². The van der Waals surface area contributed by atoms with E-state index in [9.17, 15) is 22.8 Å². The normalized spacial score (nSPS) is 11.6. The Bertz CT molecular complexity index is 1430. The van der Waals surface area contributed by atoms with Crippen molar-refractivity contribution in [1.29, 1.82) is 0 Å². The number of rotatable bonds is 7. The summed E-state index contributed by atoms with van der Waals surface area (Å²) in [5.74, 6) is -0.453. The van der Waals surface area contributed by atoms with Crippen molar-refractivity contribution >= 4 is 28.8 Å². The van der Waals surface area contributed by atoms with Crippen LogP contribution < -0.4 is 10.6 Å². The fraction of sp³-hybridized carbons (Fsp3) is 0.269. The van der Waals surface area contributed by atoms with Crippen LogP contribution in [0.15, 0.2) is 55.0 Å². The van der Waals surface area contributed by atoms with Crippen LogP contribution >= 0.6 is 0 Å². The van der Waals surface area contributed by atoms with Gasteiger partial charge in [-0.2, -0.15) is 18.2 Å². The van der Waals surface area contributed by atoms with Crippen molar-refractivity contribution in [2.75, 3.05) is 5.32 Å². The summed E-state index contributed by atoms with van der Waals surface area (Å²) in [6, 6.07) is 9.22. The van der Waals surface area contributed by atoms with E-state index >= 15 is 0 Å². The fourth-order valence-electron chi connectivity index (χ4n) is 3.69. The molecule has 0 unspecified atom stereocenters. The molecule has 0 aliphatic rings. The molecular weight excluding hydrogens is 485 g/mol. The molecule has 2 N–H and O–H groups in total. The Morgan fingerprint density at radius 1 is 1.00 bits per heavy atom. The van der Waals surface area contributed by atoms with Crippen LogP contribution in [-0.4, -0.2) is 31.3 Å². The first-order valence-electron chi connectivity index (χ1n) is 11.6. The minimum absolute atomic E-state index is 0.00757. The van der Waals surface area contributed by atoms with Gasteiger partial charge in [0.15, 0.2) is 0 Å². The van der Waals surface area contributed by atoms with E-state index in [1.165, 1.54) is 12.3 Å². The number of aromatic nitrogens is 4. The first kappa shape index (κ1) is 25.8. The maximum absolute atomic E-state index is 13.0. The molecule has 0 saturated carbocycles. The van der Waals surface area contributed by atoms with Gasteiger partial charge in [0.1, 0.15) is 11.3 Å². The Hall–Kier alpha value is -4.28. The number of hydrogen-bond donors (Lipinski definition) is 2. The largest absolute Gasteiger partial charge is 0.433 e. The minimum atomic E-state index is -4.53. The lowest BCUT2D eigenvalue weighted by atomic mass is 10.1. The highest BCUT2D eigenvalue weighted by atomic mass is 19.4. The van der Waals surface area contributed by atoms with Gasteiger partial charge in [-0.15, -0.1) is 0 Å². The van der Waals surface area contributed by atoms with Crippen molar-refractivity contribution in [3.63, 3.8) is 0 Å². The predicted molar refractivity (Wildman–Crippen MR) is 132 cm³/mol. The Kier molecular flexibility index (Phi) is 7.23. The molecule has 11 heteroatoms. The van der Waals surface area contributed by atoms with Crippen LogP contribution in [0.4, 0.5) is 19.1 Å². The number of amides is 2. The number of benzene rings is 1. The van der Waals surface area contributed by atoms with Gasteiger partial charge in [0.2, 0.25) is 5.95 Å². The fourth-order valence-corrected chi connectivity index (χ4v) is 3.69. The monoisotopic (exact) mass is 510 g/mol. The Morgan fingerprint density at radius 2 is 1.73 bits per heavy atom. The minimum Gasteiger partial charge on any atom is -0.348 e. The molecule has 4 rings (SSSR count). The molecule has 192 valence electrons. The van der Waals surface area contributed by atoms with E-state index in [0.29, 0.717) is 34.3 Å². The molecule has 0 fully saturated rings. The lowest BCUT2D eigenvalue weighted by Gasteiger charge is -2.08. The van der Waals surface area contributed by atoms with Gasteiger partial charge < -0.3 is 9.88 Å². The van der Waals surface area contributed by atoms with Crippen molar-refractivity contribution in [2.45, 2.75) is 40.0 Å². The Labute approximate surface area is 211 Å². The average molecular weight is 511 g/mol. The van der Waals surface area contributed by atoms with Crippen LogP contribution in [0.5, 0.6) is 0 Å². The molecular formula is C26H25F3N6O2. The molecule has 0 aliphatic carbocycles. The smallest absolute Gasteiger partial charge is 0.348 e. The summed E-state index contributed by atoms with van der Waals surface area (Å²) < 4.78 is 40.0. The van der Waals surface area contributed by atoms with Crippen LogP contribution in [0.25, 0.3) is 11.0 Å². The van der Waals surface area contributed by atoms with Gasteiger partial charge in [0.05, 0.1) is 10.9 Å².